The van der Waals surface area contributed by atoms with Gasteiger partial charge in [-0.25, -0.2) is 0 Å². The van der Waals surface area contributed by atoms with Gasteiger partial charge in [-0.1, -0.05) is 26.0 Å². The van der Waals surface area contributed by atoms with Crippen molar-refractivity contribution in [1.29, 1.82) is 0 Å². The van der Waals surface area contributed by atoms with Gasteiger partial charge in [0, 0.05) is 19.2 Å². The van der Waals surface area contributed by atoms with E-state index in [1.807, 2.05) is 0 Å². The smallest absolute Gasteiger partial charge is 0.0431 e. The summed E-state index contributed by atoms with van der Waals surface area (Å²) in [6.07, 6.45) is 10.4. The van der Waals surface area contributed by atoms with E-state index >= 15 is 0 Å². The van der Waals surface area contributed by atoms with E-state index in [-0.39, 0.29) is 0 Å². The summed E-state index contributed by atoms with van der Waals surface area (Å²) >= 11 is 0. The molecule has 1 aliphatic carbocycles. The average molecular weight is 211 g/mol. The number of aliphatic hydroxyl groups excluding tert-OH is 1. The zero-order valence-corrected chi connectivity index (χ0v) is 10.1. The Morgan fingerprint density at radius 1 is 1.47 bits per heavy atom. The van der Waals surface area contributed by atoms with Crippen molar-refractivity contribution in [2.24, 2.45) is 5.41 Å². The minimum atomic E-state index is 0.300. The van der Waals surface area contributed by atoms with Crippen LogP contribution in [0.5, 0.6) is 0 Å². The van der Waals surface area contributed by atoms with E-state index in [1.165, 1.54) is 19.3 Å². The Kier molecular flexibility index (Phi) is 5.34. The first-order valence-corrected chi connectivity index (χ1v) is 6.15. The highest BCUT2D eigenvalue weighted by Crippen LogP contribution is 2.21. The molecule has 2 nitrogen and oxygen atoms in total. The Balaban J connectivity index is 2.22. The highest BCUT2D eigenvalue weighted by molar-refractivity contribution is 4.97. The second-order valence-corrected chi connectivity index (χ2v) is 5.34. The monoisotopic (exact) mass is 211 g/mol. The highest BCUT2D eigenvalue weighted by atomic mass is 16.2. The molecule has 0 radical (unpaired) electrons. The molecule has 0 heterocycles. The molecule has 1 rings (SSSR count). The SMILES string of the molecule is CC(C)(CCCO)CNC1C=CCCC1. The topological polar surface area (TPSA) is 32.3 Å². The van der Waals surface area contributed by atoms with E-state index in [0.717, 1.165) is 19.4 Å². The molecule has 0 aliphatic heterocycles. The summed E-state index contributed by atoms with van der Waals surface area (Å²) in [5, 5.41) is 12.4. The summed E-state index contributed by atoms with van der Waals surface area (Å²) < 4.78 is 0. The molecular weight excluding hydrogens is 186 g/mol. The molecule has 2 N–H and O–H groups in total. The van der Waals surface area contributed by atoms with E-state index in [2.05, 4.69) is 31.3 Å². The molecule has 0 aromatic rings. The second-order valence-electron chi connectivity index (χ2n) is 5.34. The summed E-state index contributed by atoms with van der Waals surface area (Å²) in [4.78, 5) is 0. The van der Waals surface area contributed by atoms with E-state index in [9.17, 15) is 0 Å². The van der Waals surface area contributed by atoms with Crippen molar-refractivity contribution in [3.8, 4) is 0 Å². The molecule has 0 saturated heterocycles. The minimum Gasteiger partial charge on any atom is -0.396 e. The number of hydrogen-bond donors (Lipinski definition) is 2. The highest BCUT2D eigenvalue weighted by Gasteiger charge is 2.18. The maximum absolute atomic E-state index is 8.81. The third kappa shape index (κ3) is 5.33. The van der Waals surface area contributed by atoms with E-state index in [1.54, 1.807) is 0 Å². The molecule has 0 fully saturated rings. The molecule has 0 bridgehead atoms. The fraction of sp³-hybridized carbons (Fsp3) is 0.846. The van der Waals surface area contributed by atoms with Gasteiger partial charge in [-0.15, -0.1) is 0 Å². The van der Waals surface area contributed by atoms with Crippen LogP contribution in [0, 0.1) is 5.41 Å². The van der Waals surface area contributed by atoms with Gasteiger partial charge < -0.3 is 10.4 Å². The maximum Gasteiger partial charge on any atom is 0.0431 e. The summed E-state index contributed by atoms with van der Waals surface area (Å²) in [7, 11) is 0. The fourth-order valence-electron chi connectivity index (χ4n) is 2.04. The van der Waals surface area contributed by atoms with Gasteiger partial charge in [0.05, 0.1) is 0 Å². The molecular formula is C13H25NO. The van der Waals surface area contributed by atoms with Crippen LogP contribution in [0.25, 0.3) is 0 Å². The van der Waals surface area contributed by atoms with Crippen LogP contribution in [-0.2, 0) is 0 Å². The quantitative estimate of drug-likeness (QED) is 0.662. The predicted octanol–water partition coefficient (Wildman–Crippen LogP) is 2.48. The third-order valence-electron chi connectivity index (χ3n) is 3.11. The minimum absolute atomic E-state index is 0.300. The van der Waals surface area contributed by atoms with Gasteiger partial charge in [0.15, 0.2) is 0 Å². The van der Waals surface area contributed by atoms with Gasteiger partial charge in [-0.2, -0.15) is 0 Å². The van der Waals surface area contributed by atoms with Crippen LogP contribution >= 0.6 is 0 Å². The van der Waals surface area contributed by atoms with E-state index < -0.39 is 0 Å². The number of aliphatic hydroxyl groups is 1. The standard InChI is InChI=1S/C13H25NO/c1-13(2,9-6-10-15)11-14-12-7-4-3-5-8-12/h4,7,12,14-15H,3,5-6,8-11H2,1-2H3. The van der Waals surface area contributed by atoms with Gasteiger partial charge >= 0.3 is 0 Å². The Labute approximate surface area is 93.8 Å². The Hall–Kier alpha value is -0.340. The predicted molar refractivity (Wildman–Crippen MR) is 64.9 cm³/mol. The van der Waals surface area contributed by atoms with Crippen LogP contribution in [0.15, 0.2) is 12.2 Å². The zero-order valence-electron chi connectivity index (χ0n) is 10.1. The molecule has 0 aromatic heterocycles. The third-order valence-corrected chi connectivity index (χ3v) is 3.11. The average Bonchev–Trinajstić information content (AvgIpc) is 2.25. The number of hydrogen-bond acceptors (Lipinski definition) is 2. The van der Waals surface area contributed by atoms with Crippen molar-refractivity contribution in [2.45, 2.75) is 52.0 Å². The Morgan fingerprint density at radius 2 is 2.27 bits per heavy atom. The van der Waals surface area contributed by atoms with Crippen LogP contribution in [0.2, 0.25) is 0 Å². The number of rotatable bonds is 6. The molecule has 0 spiro atoms. The first-order valence-electron chi connectivity index (χ1n) is 6.15. The molecule has 0 saturated carbocycles. The van der Waals surface area contributed by atoms with Crippen LogP contribution in [0.1, 0.15) is 46.0 Å². The largest absolute Gasteiger partial charge is 0.396 e. The second kappa shape index (κ2) is 6.29. The lowest BCUT2D eigenvalue weighted by atomic mass is 9.87. The maximum atomic E-state index is 8.81. The molecule has 15 heavy (non-hydrogen) atoms. The number of allylic oxidation sites excluding steroid dienone is 1. The Morgan fingerprint density at radius 3 is 2.87 bits per heavy atom. The van der Waals surface area contributed by atoms with Gasteiger partial charge in [-0.3, -0.25) is 0 Å². The van der Waals surface area contributed by atoms with Crippen molar-refractivity contribution < 1.29 is 5.11 Å². The molecule has 88 valence electrons. The van der Waals surface area contributed by atoms with Crippen molar-refractivity contribution >= 4 is 0 Å². The normalized spacial score (nSPS) is 21.9. The Bertz CT molecular complexity index is 199. The van der Waals surface area contributed by atoms with Crippen LogP contribution in [0.3, 0.4) is 0 Å². The summed E-state index contributed by atoms with van der Waals surface area (Å²) in [5.74, 6) is 0. The molecule has 2 heteroatoms. The van der Waals surface area contributed by atoms with Gasteiger partial charge in [0.25, 0.3) is 0 Å². The summed E-state index contributed by atoms with van der Waals surface area (Å²) in [6, 6.07) is 0.576. The molecule has 1 aliphatic rings. The molecule has 0 aromatic carbocycles. The van der Waals surface area contributed by atoms with Crippen molar-refractivity contribution in [3.63, 3.8) is 0 Å². The van der Waals surface area contributed by atoms with Crippen molar-refractivity contribution in [3.05, 3.63) is 12.2 Å². The van der Waals surface area contributed by atoms with E-state index in [0.29, 0.717) is 18.1 Å². The molecule has 1 unspecified atom stereocenters. The fourth-order valence-corrected chi connectivity index (χ4v) is 2.04. The number of nitrogens with one attached hydrogen (secondary N) is 1. The van der Waals surface area contributed by atoms with Crippen LogP contribution < -0.4 is 5.32 Å². The van der Waals surface area contributed by atoms with Gasteiger partial charge in [-0.05, 0) is 37.5 Å². The summed E-state index contributed by atoms with van der Waals surface area (Å²) in [6.45, 7) is 5.89. The van der Waals surface area contributed by atoms with Crippen LogP contribution in [-0.4, -0.2) is 24.3 Å². The lowest BCUT2D eigenvalue weighted by molar-refractivity contribution is 0.233. The van der Waals surface area contributed by atoms with Crippen molar-refractivity contribution in [1.82, 2.24) is 5.32 Å². The first kappa shape index (κ1) is 12.7. The van der Waals surface area contributed by atoms with Crippen molar-refractivity contribution in [2.75, 3.05) is 13.2 Å². The lowest BCUT2D eigenvalue weighted by Crippen LogP contribution is -2.36. The van der Waals surface area contributed by atoms with E-state index in [4.69, 9.17) is 5.11 Å². The molecule has 1 atom stereocenters. The summed E-state index contributed by atoms with van der Waals surface area (Å²) in [5.41, 5.74) is 0.300. The first-order chi connectivity index (χ1) is 7.14. The molecule has 0 amide bonds. The zero-order chi connectivity index (χ0) is 11.1. The van der Waals surface area contributed by atoms with Gasteiger partial charge in [0.2, 0.25) is 0 Å². The lowest BCUT2D eigenvalue weighted by Gasteiger charge is -2.28. The van der Waals surface area contributed by atoms with Crippen LogP contribution in [0.4, 0.5) is 0 Å². The van der Waals surface area contributed by atoms with Gasteiger partial charge in [0.1, 0.15) is 0 Å².